The number of aryl methyl sites for hydroxylation is 2. The van der Waals surface area contributed by atoms with Crippen molar-refractivity contribution in [3.63, 3.8) is 0 Å². The maximum atomic E-state index is 12.8. The lowest BCUT2D eigenvalue weighted by atomic mass is 9.73. The van der Waals surface area contributed by atoms with Gasteiger partial charge < -0.3 is 18.7 Å². The Bertz CT molecular complexity index is 827. The zero-order valence-electron chi connectivity index (χ0n) is 17.6. The number of hydrogen-bond donors (Lipinski definition) is 0. The highest BCUT2D eigenvalue weighted by molar-refractivity contribution is 5.76. The normalized spacial score (nSPS) is 18.9. The maximum absolute atomic E-state index is 12.8. The first-order valence-electron chi connectivity index (χ1n) is 10.5. The molecule has 29 heavy (non-hydrogen) atoms. The molecule has 1 aliphatic heterocycles. The molecule has 2 aromatic rings. The molecule has 1 saturated heterocycles. The van der Waals surface area contributed by atoms with Crippen LogP contribution in [0.5, 0.6) is 0 Å². The molecule has 0 unspecified atom stereocenters. The fourth-order valence-corrected chi connectivity index (χ4v) is 4.48. The van der Waals surface area contributed by atoms with Crippen LogP contribution in [0.1, 0.15) is 67.3 Å². The number of rotatable bonds is 8. The highest BCUT2D eigenvalue weighted by atomic mass is 16.5. The summed E-state index contributed by atoms with van der Waals surface area (Å²) in [5.41, 5.74) is 1.84. The van der Waals surface area contributed by atoms with Gasteiger partial charge in [0.25, 0.3) is 5.89 Å². The van der Waals surface area contributed by atoms with Gasteiger partial charge in [0.2, 0.25) is 5.91 Å². The topological polar surface area (TPSA) is 94.5 Å². The summed E-state index contributed by atoms with van der Waals surface area (Å²) >= 11 is 0. The molecule has 158 valence electrons. The number of nitrogens with zero attached hydrogens (tertiary/aromatic N) is 4. The second-order valence-electron chi connectivity index (χ2n) is 8.56. The number of hydrogen-bond acceptors (Lipinski definition) is 7. The summed E-state index contributed by atoms with van der Waals surface area (Å²) in [5, 5.41) is 8.26. The highest BCUT2D eigenvalue weighted by Crippen LogP contribution is 2.46. The van der Waals surface area contributed by atoms with Crippen molar-refractivity contribution in [3.8, 4) is 0 Å². The van der Waals surface area contributed by atoms with Gasteiger partial charge in [0.05, 0.1) is 5.69 Å². The van der Waals surface area contributed by atoms with E-state index in [1.54, 1.807) is 7.11 Å². The van der Waals surface area contributed by atoms with Crippen molar-refractivity contribution in [3.05, 3.63) is 28.7 Å². The first-order chi connectivity index (χ1) is 14.0. The van der Waals surface area contributed by atoms with Crippen molar-refractivity contribution in [2.45, 2.75) is 70.8 Å². The number of ether oxygens (including phenoxy) is 1. The van der Waals surface area contributed by atoms with Crippen LogP contribution in [0.3, 0.4) is 0 Å². The number of piperidine rings is 1. The van der Waals surface area contributed by atoms with Crippen LogP contribution in [0.15, 0.2) is 9.05 Å². The lowest BCUT2D eigenvalue weighted by Gasteiger charge is -2.40. The minimum atomic E-state index is -0.0882. The van der Waals surface area contributed by atoms with Crippen LogP contribution >= 0.6 is 0 Å². The molecule has 2 fully saturated rings. The molecule has 0 N–H and O–H groups in total. The van der Waals surface area contributed by atoms with E-state index in [1.165, 1.54) is 12.8 Å². The Hall–Kier alpha value is -2.22. The van der Waals surface area contributed by atoms with Crippen molar-refractivity contribution in [1.82, 2.24) is 20.2 Å². The average molecular weight is 402 g/mol. The molecule has 8 heteroatoms. The van der Waals surface area contributed by atoms with E-state index in [0.717, 1.165) is 61.1 Å². The summed E-state index contributed by atoms with van der Waals surface area (Å²) in [4.78, 5) is 19.4. The van der Waals surface area contributed by atoms with E-state index in [1.807, 2.05) is 18.7 Å². The van der Waals surface area contributed by atoms with Crippen LogP contribution in [0.4, 0.5) is 0 Å². The summed E-state index contributed by atoms with van der Waals surface area (Å²) in [6.45, 7) is 5.63. The standard InChI is InChI=1S/C21H30N4O4/c1-14-17(15(2)28-23-14)6-7-19(26)25-10-8-21(9-11-25,12-16-4-5-16)20-22-18(13-27-3)29-24-20/h16H,4-13H2,1-3H3. The van der Waals surface area contributed by atoms with Crippen molar-refractivity contribution >= 4 is 5.91 Å². The van der Waals surface area contributed by atoms with Crippen LogP contribution in [-0.4, -0.2) is 46.3 Å². The Kier molecular flexibility index (Phi) is 5.72. The van der Waals surface area contributed by atoms with Gasteiger partial charge in [0.1, 0.15) is 12.4 Å². The predicted molar refractivity (Wildman–Crippen MR) is 104 cm³/mol. The Morgan fingerprint density at radius 2 is 1.97 bits per heavy atom. The second-order valence-corrected chi connectivity index (χ2v) is 8.56. The molecule has 1 aliphatic carbocycles. The molecule has 4 rings (SSSR count). The fourth-order valence-electron chi connectivity index (χ4n) is 4.48. The summed E-state index contributed by atoms with van der Waals surface area (Å²) in [7, 11) is 1.62. The SMILES string of the molecule is COCc1nc(C2(CC3CC3)CCN(C(=O)CCc3c(C)noc3C)CC2)no1. The van der Waals surface area contributed by atoms with Crippen molar-refractivity contribution in [1.29, 1.82) is 0 Å². The summed E-state index contributed by atoms with van der Waals surface area (Å²) in [5.74, 6) is 3.07. The molecule has 8 nitrogen and oxygen atoms in total. The predicted octanol–water partition coefficient (Wildman–Crippen LogP) is 3.11. The van der Waals surface area contributed by atoms with Crippen molar-refractivity contribution in [2.75, 3.05) is 20.2 Å². The average Bonchev–Trinajstić information content (AvgIpc) is 3.29. The van der Waals surface area contributed by atoms with E-state index >= 15 is 0 Å². The van der Waals surface area contributed by atoms with Crippen LogP contribution in [0.2, 0.25) is 0 Å². The van der Waals surface area contributed by atoms with Gasteiger partial charge in [-0.05, 0) is 45.4 Å². The molecule has 0 atom stereocenters. The van der Waals surface area contributed by atoms with E-state index in [9.17, 15) is 4.79 Å². The van der Waals surface area contributed by atoms with Gasteiger partial charge in [0, 0.05) is 37.6 Å². The molecule has 3 heterocycles. The van der Waals surface area contributed by atoms with Gasteiger partial charge >= 0.3 is 0 Å². The number of carbonyl (C=O) groups is 1. The third kappa shape index (κ3) is 4.37. The Balaban J connectivity index is 1.39. The molecule has 2 aliphatic rings. The number of aromatic nitrogens is 3. The lowest BCUT2D eigenvalue weighted by molar-refractivity contribution is -0.132. The van der Waals surface area contributed by atoms with E-state index in [-0.39, 0.29) is 11.3 Å². The summed E-state index contributed by atoms with van der Waals surface area (Å²) in [6.07, 6.45) is 6.57. The van der Waals surface area contributed by atoms with Gasteiger partial charge in [-0.2, -0.15) is 4.98 Å². The molecule has 0 aromatic carbocycles. The minimum absolute atomic E-state index is 0.0882. The molecular formula is C21H30N4O4. The molecule has 2 aromatic heterocycles. The summed E-state index contributed by atoms with van der Waals surface area (Å²) in [6, 6.07) is 0. The maximum Gasteiger partial charge on any atom is 0.252 e. The third-order valence-corrected chi connectivity index (χ3v) is 6.43. The fraction of sp³-hybridized carbons (Fsp3) is 0.714. The minimum Gasteiger partial charge on any atom is -0.375 e. The van der Waals surface area contributed by atoms with Gasteiger partial charge in [-0.25, -0.2) is 0 Å². The number of carbonyl (C=O) groups excluding carboxylic acids is 1. The van der Waals surface area contributed by atoms with E-state index in [2.05, 4.69) is 15.3 Å². The zero-order chi connectivity index (χ0) is 20.4. The number of likely N-dealkylation sites (tertiary alicyclic amines) is 1. The van der Waals surface area contributed by atoms with Crippen molar-refractivity contribution < 1.29 is 18.6 Å². The van der Waals surface area contributed by atoms with Gasteiger partial charge in [0.15, 0.2) is 5.82 Å². The van der Waals surface area contributed by atoms with Crippen LogP contribution < -0.4 is 0 Å². The first kappa shape index (κ1) is 20.1. The van der Waals surface area contributed by atoms with Crippen LogP contribution in [0.25, 0.3) is 0 Å². The Morgan fingerprint density at radius 1 is 1.21 bits per heavy atom. The molecule has 0 spiro atoms. The molecule has 0 bridgehead atoms. The molecule has 1 amide bonds. The third-order valence-electron chi connectivity index (χ3n) is 6.43. The second kappa shape index (κ2) is 8.26. The van der Waals surface area contributed by atoms with E-state index in [0.29, 0.717) is 25.3 Å². The van der Waals surface area contributed by atoms with E-state index in [4.69, 9.17) is 13.8 Å². The zero-order valence-corrected chi connectivity index (χ0v) is 17.6. The molecular weight excluding hydrogens is 372 g/mol. The van der Waals surface area contributed by atoms with Crippen LogP contribution in [0, 0.1) is 19.8 Å². The van der Waals surface area contributed by atoms with Crippen molar-refractivity contribution in [2.24, 2.45) is 5.92 Å². The molecule has 0 radical (unpaired) electrons. The number of amides is 1. The van der Waals surface area contributed by atoms with Crippen LogP contribution in [-0.2, 0) is 28.0 Å². The number of methoxy groups -OCH3 is 1. The smallest absolute Gasteiger partial charge is 0.252 e. The molecule has 1 saturated carbocycles. The highest BCUT2D eigenvalue weighted by Gasteiger charge is 2.44. The monoisotopic (exact) mass is 402 g/mol. The quantitative estimate of drug-likeness (QED) is 0.669. The summed E-state index contributed by atoms with van der Waals surface area (Å²) < 4.78 is 15.7. The Labute approximate surface area is 171 Å². The lowest BCUT2D eigenvalue weighted by Crippen LogP contribution is -2.46. The van der Waals surface area contributed by atoms with Gasteiger partial charge in [-0.15, -0.1) is 0 Å². The van der Waals surface area contributed by atoms with E-state index < -0.39 is 0 Å². The van der Waals surface area contributed by atoms with Gasteiger partial charge in [-0.3, -0.25) is 4.79 Å². The Morgan fingerprint density at radius 3 is 2.59 bits per heavy atom. The largest absolute Gasteiger partial charge is 0.375 e. The van der Waals surface area contributed by atoms with Gasteiger partial charge in [-0.1, -0.05) is 23.2 Å². The first-order valence-corrected chi connectivity index (χ1v) is 10.5.